The van der Waals surface area contributed by atoms with Crippen LogP contribution in [0.15, 0.2) is 85.2 Å². The predicted octanol–water partition coefficient (Wildman–Crippen LogP) is 3.20. The molecular formula is C20H18N2O2. The molecule has 0 aliphatic heterocycles. The Balaban J connectivity index is 2.07. The van der Waals surface area contributed by atoms with Crippen molar-refractivity contribution in [2.75, 3.05) is 0 Å². The van der Waals surface area contributed by atoms with E-state index < -0.39 is 11.5 Å². The molecule has 0 spiro atoms. The molecule has 0 fully saturated rings. The summed E-state index contributed by atoms with van der Waals surface area (Å²) in [6.45, 7) is 0.393. The SMILES string of the molecule is O=C(O)C(NCc1cccnc1)(c1ccccc1)c1ccccc1. The quantitative estimate of drug-likeness (QED) is 0.732. The molecule has 4 nitrogen and oxygen atoms in total. The third-order valence-corrected chi connectivity index (χ3v) is 4.01. The number of benzene rings is 2. The number of carbonyl (C=O) groups is 1. The van der Waals surface area contributed by atoms with Crippen molar-refractivity contribution in [1.29, 1.82) is 0 Å². The summed E-state index contributed by atoms with van der Waals surface area (Å²) in [5.41, 5.74) is 0.980. The Kier molecular flexibility index (Phi) is 4.68. The summed E-state index contributed by atoms with van der Waals surface area (Å²) in [6.07, 6.45) is 3.43. The topological polar surface area (TPSA) is 62.2 Å². The molecule has 120 valence electrons. The van der Waals surface area contributed by atoms with Crippen LogP contribution in [0.3, 0.4) is 0 Å². The number of aromatic nitrogens is 1. The number of aliphatic carboxylic acids is 1. The highest BCUT2D eigenvalue weighted by Gasteiger charge is 2.41. The standard InChI is InChI=1S/C20H18N2O2/c23-19(24)20(17-9-3-1-4-10-17,18-11-5-2-6-12-18)22-15-16-8-7-13-21-14-16/h1-14,22H,15H2,(H,23,24). The van der Waals surface area contributed by atoms with Gasteiger partial charge >= 0.3 is 5.97 Å². The minimum atomic E-state index is -1.32. The van der Waals surface area contributed by atoms with Crippen molar-refractivity contribution in [1.82, 2.24) is 10.3 Å². The molecule has 1 aromatic heterocycles. The Morgan fingerprint density at radius 1 is 0.917 bits per heavy atom. The number of nitrogens with one attached hydrogen (secondary N) is 1. The van der Waals surface area contributed by atoms with Gasteiger partial charge in [-0.3, -0.25) is 10.3 Å². The van der Waals surface area contributed by atoms with E-state index in [0.29, 0.717) is 17.7 Å². The maximum Gasteiger partial charge on any atom is 0.333 e. The fraction of sp³-hybridized carbons (Fsp3) is 0.100. The number of nitrogens with zero attached hydrogens (tertiary/aromatic N) is 1. The van der Waals surface area contributed by atoms with Crippen LogP contribution in [0.1, 0.15) is 16.7 Å². The van der Waals surface area contributed by atoms with Crippen molar-refractivity contribution in [3.63, 3.8) is 0 Å². The first-order valence-electron chi connectivity index (χ1n) is 7.72. The van der Waals surface area contributed by atoms with E-state index in [2.05, 4.69) is 10.3 Å². The normalized spacial score (nSPS) is 11.2. The molecule has 0 amide bonds. The van der Waals surface area contributed by atoms with Gasteiger partial charge in [-0.15, -0.1) is 0 Å². The van der Waals surface area contributed by atoms with E-state index in [1.165, 1.54) is 0 Å². The first-order valence-corrected chi connectivity index (χ1v) is 7.72. The van der Waals surface area contributed by atoms with Crippen molar-refractivity contribution in [2.24, 2.45) is 0 Å². The molecule has 24 heavy (non-hydrogen) atoms. The average Bonchev–Trinajstić information content (AvgIpc) is 2.65. The minimum Gasteiger partial charge on any atom is -0.479 e. The second kappa shape index (κ2) is 7.06. The zero-order chi connectivity index (χ0) is 16.8. The van der Waals surface area contributed by atoms with Crippen LogP contribution < -0.4 is 5.32 Å². The summed E-state index contributed by atoms with van der Waals surface area (Å²) in [6, 6.07) is 22.2. The van der Waals surface area contributed by atoms with Gasteiger partial charge in [0.25, 0.3) is 0 Å². The molecule has 0 saturated carbocycles. The summed E-state index contributed by atoms with van der Waals surface area (Å²) in [4.78, 5) is 16.5. The first-order chi connectivity index (χ1) is 11.7. The molecule has 3 rings (SSSR count). The third-order valence-electron chi connectivity index (χ3n) is 4.01. The molecular weight excluding hydrogens is 300 g/mol. The fourth-order valence-electron chi connectivity index (χ4n) is 2.81. The maximum absolute atomic E-state index is 12.4. The lowest BCUT2D eigenvalue weighted by Crippen LogP contribution is -2.49. The average molecular weight is 318 g/mol. The molecule has 0 unspecified atom stereocenters. The lowest BCUT2D eigenvalue weighted by atomic mass is 9.82. The third kappa shape index (κ3) is 3.05. The molecule has 4 heteroatoms. The van der Waals surface area contributed by atoms with Crippen LogP contribution in [-0.2, 0) is 16.9 Å². The van der Waals surface area contributed by atoms with E-state index in [1.54, 1.807) is 12.4 Å². The summed E-state index contributed by atoms with van der Waals surface area (Å²) in [5, 5.41) is 13.4. The van der Waals surface area contributed by atoms with E-state index in [9.17, 15) is 9.90 Å². The Bertz CT molecular complexity index is 750. The Morgan fingerprint density at radius 2 is 1.50 bits per heavy atom. The number of carboxylic acids is 1. The molecule has 2 aromatic carbocycles. The molecule has 0 bridgehead atoms. The molecule has 2 N–H and O–H groups in total. The Labute approximate surface area is 140 Å². The minimum absolute atomic E-state index is 0.393. The van der Waals surface area contributed by atoms with E-state index in [1.807, 2.05) is 72.8 Å². The molecule has 3 aromatic rings. The van der Waals surface area contributed by atoms with Crippen LogP contribution in [0, 0.1) is 0 Å². The molecule has 1 heterocycles. The number of hydrogen-bond acceptors (Lipinski definition) is 3. The Hall–Kier alpha value is -2.98. The van der Waals surface area contributed by atoms with Crippen molar-refractivity contribution in [2.45, 2.75) is 12.1 Å². The second-order valence-corrected chi connectivity index (χ2v) is 5.50. The van der Waals surface area contributed by atoms with Gasteiger partial charge in [0.05, 0.1) is 0 Å². The highest BCUT2D eigenvalue weighted by molar-refractivity contribution is 5.85. The number of rotatable bonds is 6. The lowest BCUT2D eigenvalue weighted by Gasteiger charge is -2.32. The van der Waals surface area contributed by atoms with Gasteiger partial charge in [0.1, 0.15) is 0 Å². The van der Waals surface area contributed by atoms with Gasteiger partial charge in [-0.2, -0.15) is 0 Å². The summed E-state index contributed by atoms with van der Waals surface area (Å²) in [7, 11) is 0. The van der Waals surface area contributed by atoms with Crippen LogP contribution in [-0.4, -0.2) is 16.1 Å². The predicted molar refractivity (Wildman–Crippen MR) is 92.4 cm³/mol. The van der Waals surface area contributed by atoms with Crippen molar-refractivity contribution >= 4 is 5.97 Å². The van der Waals surface area contributed by atoms with Crippen molar-refractivity contribution in [3.05, 3.63) is 102 Å². The summed E-state index contributed by atoms with van der Waals surface area (Å²) >= 11 is 0. The van der Waals surface area contributed by atoms with Crippen molar-refractivity contribution < 1.29 is 9.90 Å². The van der Waals surface area contributed by atoms with E-state index >= 15 is 0 Å². The second-order valence-electron chi connectivity index (χ2n) is 5.50. The van der Waals surface area contributed by atoms with Gasteiger partial charge in [-0.25, -0.2) is 4.79 Å². The smallest absolute Gasteiger partial charge is 0.333 e. The van der Waals surface area contributed by atoms with Gasteiger partial charge in [-0.1, -0.05) is 66.7 Å². The maximum atomic E-state index is 12.4. The molecule has 0 atom stereocenters. The highest BCUT2D eigenvalue weighted by Crippen LogP contribution is 2.30. The van der Waals surface area contributed by atoms with Gasteiger partial charge in [0, 0.05) is 18.9 Å². The van der Waals surface area contributed by atoms with Gasteiger partial charge in [-0.05, 0) is 22.8 Å². The monoisotopic (exact) mass is 318 g/mol. The van der Waals surface area contributed by atoms with E-state index in [-0.39, 0.29) is 0 Å². The van der Waals surface area contributed by atoms with Crippen LogP contribution >= 0.6 is 0 Å². The zero-order valence-electron chi connectivity index (χ0n) is 13.1. The highest BCUT2D eigenvalue weighted by atomic mass is 16.4. The molecule has 0 aliphatic carbocycles. The Morgan fingerprint density at radius 3 is 1.96 bits per heavy atom. The molecule has 0 radical (unpaired) electrons. The van der Waals surface area contributed by atoms with E-state index in [0.717, 1.165) is 5.56 Å². The largest absolute Gasteiger partial charge is 0.479 e. The lowest BCUT2D eigenvalue weighted by molar-refractivity contribution is -0.143. The molecule has 0 saturated heterocycles. The summed E-state index contributed by atoms with van der Waals surface area (Å²) < 4.78 is 0. The zero-order valence-corrected chi connectivity index (χ0v) is 13.1. The van der Waals surface area contributed by atoms with Gasteiger partial charge in [0.2, 0.25) is 0 Å². The van der Waals surface area contributed by atoms with Gasteiger partial charge in [0.15, 0.2) is 5.54 Å². The van der Waals surface area contributed by atoms with E-state index in [4.69, 9.17) is 0 Å². The van der Waals surface area contributed by atoms with Gasteiger partial charge < -0.3 is 5.11 Å². The van der Waals surface area contributed by atoms with Crippen LogP contribution in [0.4, 0.5) is 0 Å². The fourth-order valence-corrected chi connectivity index (χ4v) is 2.81. The number of carboxylic acid groups (broad SMARTS) is 1. The number of pyridine rings is 1. The van der Waals surface area contributed by atoms with Crippen LogP contribution in [0.25, 0.3) is 0 Å². The molecule has 0 aliphatic rings. The number of hydrogen-bond donors (Lipinski definition) is 2. The van der Waals surface area contributed by atoms with Crippen molar-refractivity contribution in [3.8, 4) is 0 Å². The van der Waals surface area contributed by atoms with Crippen LogP contribution in [0.2, 0.25) is 0 Å². The first kappa shape index (κ1) is 15.9. The van der Waals surface area contributed by atoms with Crippen LogP contribution in [0.5, 0.6) is 0 Å². The summed E-state index contributed by atoms with van der Waals surface area (Å²) in [5.74, 6) is -0.941.